The quantitative estimate of drug-likeness (QED) is 0.0613. The normalized spacial score (nSPS) is 17.2. The number of carbonyl (C=O) groups excluding carboxylic acids is 4. The number of nitrogens with one attached hydrogen (secondary N) is 3. The molecule has 4 aliphatic rings. The predicted molar refractivity (Wildman–Crippen MR) is 306 cm³/mol. The molecule has 8 rings (SSSR count). The monoisotopic (exact) mass is 1260 g/mol. The maximum Gasteiger partial charge on any atom is 0.573 e. The average Bonchev–Trinajstić information content (AvgIpc) is 3.72. The van der Waals surface area contributed by atoms with E-state index in [9.17, 15) is 62.4 Å². The molecule has 2 saturated heterocycles. The fourth-order valence-corrected chi connectivity index (χ4v) is 11.9. The molecule has 0 unspecified atom stereocenters. The van der Waals surface area contributed by atoms with E-state index in [2.05, 4.69) is 35.4 Å². The second kappa shape index (κ2) is 26.6. The smallest absolute Gasteiger partial charge is 0.406 e. The number of aliphatic imine (C=N–C) groups is 2. The molecule has 0 aromatic heterocycles. The number of sulfonamides is 2. The van der Waals surface area contributed by atoms with Crippen LogP contribution in [-0.2, 0) is 39.2 Å². The molecule has 18 nitrogen and oxygen atoms in total. The summed E-state index contributed by atoms with van der Waals surface area (Å²) in [6, 6.07) is 17.7. The van der Waals surface area contributed by atoms with Crippen molar-refractivity contribution in [2.75, 3.05) is 62.3 Å². The molecule has 83 heavy (non-hydrogen) atoms. The van der Waals surface area contributed by atoms with Crippen LogP contribution in [0.1, 0.15) is 70.2 Å². The molecule has 4 aromatic carbocycles. The molecule has 4 aromatic rings. The number of aryl methyl sites for hydroxylation is 4. The van der Waals surface area contributed by atoms with E-state index in [4.69, 9.17) is 34.8 Å². The fourth-order valence-electron chi connectivity index (χ4n) is 9.39. The van der Waals surface area contributed by atoms with Crippen molar-refractivity contribution in [1.29, 1.82) is 0 Å². The van der Waals surface area contributed by atoms with E-state index in [0.717, 1.165) is 63.2 Å². The van der Waals surface area contributed by atoms with Crippen molar-refractivity contribution >= 4 is 113 Å². The Labute approximate surface area is 490 Å². The first-order valence-corrected chi connectivity index (χ1v) is 29.6. The Hall–Kier alpha value is -6.55. The number of anilines is 2. The number of carbonyl (C=O) groups is 4. The number of benzene rings is 4. The molecular weight excluding hydrogens is 1210 g/mol. The number of amides is 3. The summed E-state index contributed by atoms with van der Waals surface area (Å²) in [7, 11) is -4.17. The standard InChI is InChI=1S/C27H28ClF3N4O5S.C25H27F3N4O4S.C2H2Cl2O/c1-17-13-20(34(3)23(36)16-28)14-18(2)22(17)7-12-41(38,39)35-10-8-26(9-11-35)25(37)32-24(33-26)19-5-4-6-21(15-19)40-27(29,30)31;1-16-13-19(29-3)14-17(2)21(16)7-12-37(34,35)32-10-8-24(9-11-32)23(33)30-22(31-24)18-5-4-6-20(15-18)36-25(26,27)28;3-1-2(4)5/h4-7,12-15H,8-11,16H2,1-3H3,(H,32,33,37);4-7,12-15,29H,8-11H2,1-3H3,(H,30,31,33);1H2/b2*12-7+;. The van der Waals surface area contributed by atoms with Gasteiger partial charge in [0.15, 0.2) is 0 Å². The van der Waals surface area contributed by atoms with Gasteiger partial charge < -0.3 is 30.3 Å². The van der Waals surface area contributed by atoms with Crippen molar-refractivity contribution in [3.63, 3.8) is 0 Å². The van der Waals surface area contributed by atoms with Gasteiger partial charge in [0.1, 0.15) is 40.1 Å². The minimum Gasteiger partial charge on any atom is -0.406 e. The van der Waals surface area contributed by atoms with E-state index < -0.39 is 72.4 Å². The summed E-state index contributed by atoms with van der Waals surface area (Å²) < 4.78 is 138. The summed E-state index contributed by atoms with van der Waals surface area (Å²) in [6.07, 6.45) is -6.14. The summed E-state index contributed by atoms with van der Waals surface area (Å²) in [4.78, 5) is 57.5. The first kappa shape index (κ1) is 65.6. The second-order valence-electron chi connectivity index (χ2n) is 19.4. The highest BCUT2D eigenvalue weighted by atomic mass is 35.5. The van der Waals surface area contributed by atoms with Gasteiger partial charge in [-0.1, -0.05) is 24.3 Å². The van der Waals surface area contributed by atoms with E-state index in [0.29, 0.717) is 11.3 Å². The summed E-state index contributed by atoms with van der Waals surface area (Å²) >= 11 is 15.2. The maximum absolute atomic E-state index is 13.1. The Morgan fingerprint density at radius 3 is 1.35 bits per heavy atom. The van der Waals surface area contributed by atoms with Crippen LogP contribution in [0.2, 0.25) is 0 Å². The lowest BCUT2D eigenvalue weighted by molar-refractivity contribution is -0.275. The van der Waals surface area contributed by atoms with Crippen LogP contribution >= 0.6 is 34.8 Å². The number of rotatable bonds is 14. The Morgan fingerprint density at radius 1 is 0.663 bits per heavy atom. The number of halogens is 9. The third-order valence-corrected chi connectivity index (χ3v) is 17.6. The number of alkyl halides is 8. The zero-order valence-corrected chi connectivity index (χ0v) is 49.2. The lowest BCUT2D eigenvalue weighted by Gasteiger charge is -2.34. The Kier molecular flexibility index (Phi) is 21.0. The highest BCUT2D eigenvalue weighted by molar-refractivity contribution is 7.92. The Balaban J connectivity index is 0.000000247. The van der Waals surface area contributed by atoms with Gasteiger partial charge in [-0.25, -0.2) is 16.8 Å². The highest BCUT2D eigenvalue weighted by Gasteiger charge is 2.49. The molecule has 2 spiro atoms. The minimum absolute atomic E-state index is 0.0241. The molecule has 4 heterocycles. The predicted octanol–water partition coefficient (Wildman–Crippen LogP) is 9.06. The van der Waals surface area contributed by atoms with Crippen LogP contribution in [0, 0.1) is 27.7 Å². The number of piperidine rings is 2. The van der Waals surface area contributed by atoms with Crippen molar-refractivity contribution in [3.8, 4) is 11.5 Å². The van der Waals surface area contributed by atoms with Crippen molar-refractivity contribution in [3.05, 3.63) is 128 Å². The van der Waals surface area contributed by atoms with Gasteiger partial charge in [0.05, 0.1) is 5.88 Å². The van der Waals surface area contributed by atoms with Crippen LogP contribution in [0.3, 0.4) is 0 Å². The largest absolute Gasteiger partial charge is 0.573 e. The van der Waals surface area contributed by atoms with Gasteiger partial charge in [-0.2, -0.15) is 8.61 Å². The average molecular weight is 1260 g/mol. The molecule has 29 heteroatoms. The summed E-state index contributed by atoms with van der Waals surface area (Å²) in [6.45, 7) is 7.63. The molecule has 0 aliphatic carbocycles. The zero-order valence-electron chi connectivity index (χ0n) is 45.3. The number of hydrogen-bond donors (Lipinski definition) is 3. The Morgan fingerprint density at radius 2 is 1.02 bits per heavy atom. The number of hydrogen-bond acceptors (Lipinski definition) is 13. The van der Waals surface area contributed by atoms with Crippen molar-refractivity contribution < 1.29 is 71.8 Å². The Bertz CT molecular complexity index is 3450. The van der Waals surface area contributed by atoms with E-state index in [-0.39, 0.29) is 92.3 Å². The summed E-state index contributed by atoms with van der Waals surface area (Å²) in [5.41, 5.74) is 4.60. The van der Waals surface area contributed by atoms with Crippen LogP contribution in [-0.4, -0.2) is 136 Å². The van der Waals surface area contributed by atoms with Gasteiger partial charge in [-0.05, 0) is 159 Å². The second-order valence-corrected chi connectivity index (χ2v) is 24.0. The first-order chi connectivity index (χ1) is 38.7. The number of nitrogens with zero attached hydrogens (tertiary/aromatic N) is 5. The van der Waals surface area contributed by atoms with Gasteiger partial charge in [-0.15, -0.1) is 49.5 Å². The SMILES string of the molecule is CNc1cc(C)c(/C=C/S(=O)(=O)N2CCC3(CC2)N=C(c2cccc(OC(F)(F)F)c2)NC3=O)c(C)c1.Cc1cc(N(C)C(=O)CCl)cc(C)c1/C=C/S(=O)(=O)N1CCC2(CC1)N=C(c1cccc(OC(F)(F)F)c1)NC2=O.O=C(Cl)CCl. The molecule has 4 aliphatic heterocycles. The molecule has 0 saturated carbocycles. The molecule has 0 atom stereocenters. The number of amidine groups is 2. The first-order valence-electron chi connectivity index (χ1n) is 25.1. The van der Waals surface area contributed by atoms with Gasteiger partial charge in [-0.3, -0.25) is 29.2 Å². The van der Waals surface area contributed by atoms with Crippen LogP contribution in [0.5, 0.6) is 11.5 Å². The molecule has 0 bridgehead atoms. The number of ether oxygens (including phenoxy) is 2. The lowest BCUT2D eigenvalue weighted by atomic mass is 9.89. The molecule has 3 amide bonds. The summed E-state index contributed by atoms with van der Waals surface area (Å²) in [5.74, 6) is -2.02. The highest BCUT2D eigenvalue weighted by Crippen LogP contribution is 2.36. The van der Waals surface area contributed by atoms with E-state index in [1.807, 2.05) is 46.9 Å². The van der Waals surface area contributed by atoms with E-state index in [1.165, 1.54) is 49.3 Å². The van der Waals surface area contributed by atoms with Crippen LogP contribution in [0.15, 0.2) is 93.6 Å². The van der Waals surface area contributed by atoms with Crippen LogP contribution < -0.4 is 30.3 Å². The van der Waals surface area contributed by atoms with Gasteiger partial charge in [0.2, 0.25) is 31.2 Å². The summed E-state index contributed by atoms with van der Waals surface area (Å²) in [5, 5.41) is 10.1. The van der Waals surface area contributed by atoms with E-state index in [1.54, 1.807) is 25.3 Å². The fraction of sp³-hybridized carbons (Fsp3) is 0.370. The molecule has 448 valence electrons. The van der Waals surface area contributed by atoms with Gasteiger partial charge in [0.25, 0.3) is 11.8 Å². The lowest BCUT2D eigenvalue weighted by Crippen LogP contribution is -2.50. The van der Waals surface area contributed by atoms with Gasteiger partial charge in [0, 0.05) is 73.6 Å². The maximum atomic E-state index is 13.1. The molecule has 3 N–H and O–H groups in total. The van der Waals surface area contributed by atoms with Crippen molar-refractivity contribution in [1.82, 2.24) is 19.2 Å². The third-order valence-electron chi connectivity index (χ3n) is 13.7. The van der Waals surface area contributed by atoms with Crippen LogP contribution in [0.25, 0.3) is 12.2 Å². The van der Waals surface area contributed by atoms with E-state index >= 15 is 0 Å². The minimum atomic E-state index is -4.87. The van der Waals surface area contributed by atoms with Gasteiger partial charge >= 0.3 is 12.7 Å². The molecular formula is C54H57Cl3F6N8O10S2. The molecule has 2 fully saturated rings. The van der Waals surface area contributed by atoms with Crippen molar-refractivity contribution in [2.45, 2.75) is 77.2 Å². The molecule has 0 radical (unpaired) electrons. The third kappa shape index (κ3) is 16.8. The zero-order chi connectivity index (χ0) is 61.5. The van der Waals surface area contributed by atoms with Crippen LogP contribution in [0.4, 0.5) is 37.7 Å². The van der Waals surface area contributed by atoms with Crippen molar-refractivity contribution in [2.24, 2.45) is 9.98 Å². The topological polar surface area (TPSA) is 226 Å².